The van der Waals surface area contributed by atoms with Crippen molar-refractivity contribution in [1.82, 2.24) is 9.78 Å². The normalized spacial score (nSPS) is 35.2. The lowest BCUT2D eigenvalue weighted by Crippen LogP contribution is -2.42. The van der Waals surface area contributed by atoms with Crippen LogP contribution < -0.4 is 11.1 Å². The van der Waals surface area contributed by atoms with Crippen molar-refractivity contribution in [3.63, 3.8) is 0 Å². The molecule has 4 atom stereocenters. The predicted molar refractivity (Wildman–Crippen MR) is 64.1 cm³/mol. The minimum atomic E-state index is -0.00560. The molecule has 0 aliphatic heterocycles. The fourth-order valence-corrected chi connectivity index (χ4v) is 3.44. The second-order valence-corrected chi connectivity index (χ2v) is 5.33. The summed E-state index contributed by atoms with van der Waals surface area (Å²) in [5, 5.41) is 6.95. The van der Waals surface area contributed by atoms with Gasteiger partial charge in [0, 0.05) is 19.3 Å². The Kier molecular flexibility index (Phi) is 2.43. The van der Waals surface area contributed by atoms with Gasteiger partial charge < -0.3 is 11.1 Å². The third kappa shape index (κ3) is 1.74. The first-order chi connectivity index (χ1) is 8.15. The van der Waals surface area contributed by atoms with Gasteiger partial charge in [-0.1, -0.05) is 0 Å². The van der Waals surface area contributed by atoms with Crippen molar-refractivity contribution < 1.29 is 4.79 Å². The summed E-state index contributed by atoms with van der Waals surface area (Å²) in [6, 6.07) is 0.0467. The summed E-state index contributed by atoms with van der Waals surface area (Å²) in [7, 11) is 1.83. The molecule has 2 saturated carbocycles. The van der Waals surface area contributed by atoms with E-state index in [0.717, 1.165) is 18.5 Å². The molecule has 3 N–H and O–H groups in total. The first kappa shape index (κ1) is 10.8. The Morgan fingerprint density at radius 1 is 1.53 bits per heavy atom. The van der Waals surface area contributed by atoms with Gasteiger partial charge in [-0.3, -0.25) is 9.48 Å². The zero-order valence-corrected chi connectivity index (χ0v) is 9.97. The summed E-state index contributed by atoms with van der Waals surface area (Å²) < 4.78 is 1.68. The van der Waals surface area contributed by atoms with E-state index in [0.29, 0.717) is 11.8 Å². The Hall–Kier alpha value is -1.36. The van der Waals surface area contributed by atoms with Crippen LogP contribution in [0.2, 0.25) is 0 Å². The van der Waals surface area contributed by atoms with Gasteiger partial charge in [-0.15, -0.1) is 0 Å². The van der Waals surface area contributed by atoms with E-state index in [1.807, 2.05) is 7.05 Å². The molecular weight excluding hydrogens is 216 g/mol. The van der Waals surface area contributed by atoms with Crippen LogP contribution in [0.5, 0.6) is 0 Å². The summed E-state index contributed by atoms with van der Waals surface area (Å²) in [6.45, 7) is 0. The Labute approximate surface area is 100 Å². The molecule has 4 unspecified atom stereocenters. The third-order valence-electron chi connectivity index (χ3n) is 4.26. The molecule has 5 heteroatoms. The van der Waals surface area contributed by atoms with Crippen LogP contribution in [0.3, 0.4) is 0 Å². The molecule has 0 spiro atoms. The molecule has 0 radical (unpaired) electrons. The van der Waals surface area contributed by atoms with Crippen molar-refractivity contribution >= 4 is 11.6 Å². The van der Waals surface area contributed by atoms with Crippen molar-refractivity contribution in [3.05, 3.63) is 12.4 Å². The maximum absolute atomic E-state index is 12.2. The molecule has 1 amide bonds. The van der Waals surface area contributed by atoms with Gasteiger partial charge >= 0.3 is 0 Å². The highest BCUT2D eigenvalue weighted by Crippen LogP contribution is 2.47. The molecule has 2 fully saturated rings. The van der Waals surface area contributed by atoms with Crippen molar-refractivity contribution in [2.24, 2.45) is 30.5 Å². The van der Waals surface area contributed by atoms with E-state index in [-0.39, 0.29) is 17.9 Å². The number of rotatable bonds is 2. The largest absolute Gasteiger partial charge is 0.327 e. The van der Waals surface area contributed by atoms with Crippen LogP contribution >= 0.6 is 0 Å². The van der Waals surface area contributed by atoms with Crippen molar-refractivity contribution in [2.75, 3.05) is 5.32 Å². The molecule has 5 nitrogen and oxygen atoms in total. The highest BCUT2D eigenvalue weighted by Gasteiger charge is 2.49. The highest BCUT2D eigenvalue weighted by atomic mass is 16.2. The van der Waals surface area contributed by atoms with E-state index in [1.54, 1.807) is 17.1 Å². The zero-order chi connectivity index (χ0) is 12.0. The van der Waals surface area contributed by atoms with Crippen LogP contribution in [0.15, 0.2) is 12.4 Å². The van der Waals surface area contributed by atoms with E-state index in [2.05, 4.69) is 10.4 Å². The molecule has 0 saturated heterocycles. The summed E-state index contributed by atoms with van der Waals surface area (Å²) in [5.41, 5.74) is 6.90. The van der Waals surface area contributed by atoms with Gasteiger partial charge in [-0.25, -0.2) is 0 Å². The second-order valence-electron chi connectivity index (χ2n) is 5.33. The first-order valence-electron chi connectivity index (χ1n) is 6.20. The fraction of sp³-hybridized carbons (Fsp3) is 0.667. The van der Waals surface area contributed by atoms with Gasteiger partial charge in [0.25, 0.3) is 0 Å². The van der Waals surface area contributed by atoms with E-state index in [4.69, 9.17) is 5.73 Å². The van der Waals surface area contributed by atoms with Gasteiger partial charge in [0.15, 0.2) is 0 Å². The topological polar surface area (TPSA) is 72.9 Å². The van der Waals surface area contributed by atoms with E-state index < -0.39 is 0 Å². The van der Waals surface area contributed by atoms with Crippen LogP contribution in [0.1, 0.15) is 19.3 Å². The number of aryl methyl sites for hydroxylation is 1. The number of aromatic nitrogens is 2. The number of anilines is 1. The van der Waals surface area contributed by atoms with Crippen molar-refractivity contribution in [3.8, 4) is 0 Å². The third-order valence-corrected chi connectivity index (χ3v) is 4.26. The van der Waals surface area contributed by atoms with Crippen LogP contribution in [-0.4, -0.2) is 21.7 Å². The van der Waals surface area contributed by atoms with Gasteiger partial charge in [0.1, 0.15) is 0 Å². The summed E-state index contributed by atoms with van der Waals surface area (Å²) in [6.07, 6.45) is 6.95. The molecule has 1 aromatic rings. The summed E-state index contributed by atoms with van der Waals surface area (Å²) in [4.78, 5) is 12.2. The maximum atomic E-state index is 12.2. The van der Waals surface area contributed by atoms with Crippen LogP contribution in [0, 0.1) is 17.8 Å². The lowest BCUT2D eigenvalue weighted by Gasteiger charge is -2.26. The maximum Gasteiger partial charge on any atom is 0.229 e. The minimum absolute atomic E-state index is 0.00560. The van der Waals surface area contributed by atoms with Crippen LogP contribution in [0.4, 0.5) is 5.69 Å². The molecule has 2 bridgehead atoms. The van der Waals surface area contributed by atoms with E-state index >= 15 is 0 Å². The van der Waals surface area contributed by atoms with Crippen LogP contribution in [0.25, 0.3) is 0 Å². The Morgan fingerprint density at radius 2 is 2.29 bits per heavy atom. The predicted octanol–water partition coefficient (Wildman–Crippen LogP) is 0.732. The molecule has 2 aliphatic rings. The average Bonchev–Trinajstić information content (AvgIpc) is 2.94. The Balaban J connectivity index is 1.70. The quantitative estimate of drug-likeness (QED) is 0.792. The summed E-state index contributed by atoms with van der Waals surface area (Å²) in [5.74, 6) is 1.11. The van der Waals surface area contributed by atoms with Gasteiger partial charge in [0.2, 0.25) is 5.91 Å². The molecule has 92 valence electrons. The number of carbonyl (C=O) groups excluding carboxylic acids is 1. The van der Waals surface area contributed by atoms with Crippen LogP contribution in [-0.2, 0) is 11.8 Å². The number of nitrogens with zero attached hydrogens (tertiary/aromatic N) is 2. The van der Waals surface area contributed by atoms with Crippen molar-refractivity contribution in [1.29, 1.82) is 0 Å². The average molecular weight is 234 g/mol. The smallest absolute Gasteiger partial charge is 0.229 e. The fourth-order valence-electron chi connectivity index (χ4n) is 3.44. The molecule has 0 aromatic carbocycles. The number of carbonyl (C=O) groups is 1. The van der Waals surface area contributed by atoms with Crippen molar-refractivity contribution in [2.45, 2.75) is 25.3 Å². The molecule has 17 heavy (non-hydrogen) atoms. The zero-order valence-electron chi connectivity index (χ0n) is 9.97. The number of fused-ring (bicyclic) bond motifs is 2. The number of nitrogens with one attached hydrogen (secondary N) is 1. The molecule has 3 rings (SSSR count). The van der Waals surface area contributed by atoms with Gasteiger partial charge in [-0.05, 0) is 31.1 Å². The van der Waals surface area contributed by atoms with E-state index in [9.17, 15) is 4.79 Å². The standard InChI is InChI=1S/C12H18N4O/c1-16-6-9(5-14-16)15-12(17)10-7-2-3-8(4-7)11(10)13/h5-8,10-11H,2-4,13H2,1H3,(H,15,17). The monoisotopic (exact) mass is 234 g/mol. The lowest BCUT2D eigenvalue weighted by molar-refractivity contribution is -0.121. The second kappa shape index (κ2) is 3.84. The molecule has 1 aromatic heterocycles. The molecular formula is C12H18N4O. The molecule has 1 heterocycles. The molecule has 2 aliphatic carbocycles. The number of hydrogen-bond acceptors (Lipinski definition) is 3. The Morgan fingerprint density at radius 3 is 2.88 bits per heavy atom. The highest BCUT2D eigenvalue weighted by molar-refractivity contribution is 5.93. The first-order valence-corrected chi connectivity index (χ1v) is 6.20. The number of amides is 1. The Bertz CT molecular complexity index is 439. The number of nitrogens with two attached hydrogens (primary N) is 1. The van der Waals surface area contributed by atoms with Gasteiger partial charge in [-0.2, -0.15) is 5.10 Å². The van der Waals surface area contributed by atoms with Gasteiger partial charge in [0.05, 0.1) is 17.8 Å². The van der Waals surface area contributed by atoms with E-state index in [1.165, 1.54) is 6.42 Å². The minimum Gasteiger partial charge on any atom is -0.327 e. The number of hydrogen-bond donors (Lipinski definition) is 2. The lowest BCUT2D eigenvalue weighted by atomic mass is 9.84. The SMILES string of the molecule is Cn1cc(NC(=O)C2C3CCC(C3)C2N)cn1. The summed E-state index contributed by atoms with van der Waals surface area (Å²) >= 11 is 0.